The molecule has 16 heavy (non-hydrogen) atoms. The highest BCUT2D eigenvalue weighted by molar-refractivity contribution is 5.47. The van der Waals surface area contributed by atoms with Crippen molar-refractivity contribution in [2.24, 2.45) is 0 Å². The number of ether oxygens (including phenoxy) is 1. The van der Waals surface area contributed by atoms with E-state index in [1.54, 1.807) is 0 Å². The third-order valence-electron chi connectivity index (χ3n) is 3.01. The van der Waals surface area contributed by atoms with Crippen LogP contribution < -0.4 is 10.1 Å². The fourth-order valence-corrected chi connectivity index (χ4v) is 2.16. The van der Waals surface area contributed by atoms with Gasteiger partial charge in [0, 0.05) is 6.04 Å². The number of nitrogens with one attached hydrogen (secondary N) is 1. The predicted molar refractivity (Wildman–Crippen MR) is 59.2 cm³/mol. The molecule has 1 saturated heterocycles. The van der Waals surface area contributed by atoms with Crippen LogP contribution in [0.2, 0.25) is 0 Å². The molecule has 0 saturated carbocycles. The smallest absolute Gasteiger partial charge is 0.165 e. The van der Waals surface area contributed by atoms with E-state index in [2.05, 4.69) is 5.32 Å². The largest absolute Gasteiger partial charge is 0.504 e. The summed E-state index contributed by atoms with van der Waals surface area (Å²) in [6.45, 7) is 0.862. The topological polar surface area (TPSA) is 41.5 Å². The monoisotopic (exact) mass is 225 g/mol. The minimum absolute atomic E-state index is 0.0816. The van der Waals surface area contributed by atoms with E-state index in [1.807, 2.05) is 0 Å². The number of phenolic OH excluding ortho intramolecular Hbond substituents is 1. The highest BCUT2D eigenvalue weighted by atomic mass is 19.1. The van der Waals surface area contributed by atoms with Gasteiger partial charge < -0.3 is 15.2 Å². The van der Waals surface area contributed by atoms with Crippen molar-refractivity contribution in [2.75, 3.05) is 13.7 Å². The van der Waals surface area contributed by atoms with E-state index in [9.17, 15) is 9.50 Å². The number of halogens is 1. The Labute approximate surface area is 94.2 Å². The van der Waals surface area contributed by atoms with Crippen molar-refractivity contribution in [1.82, 2.24) is 5.32 Å². The molecule has 0 radical (unpaired) electrons. The molecule has 0 aromatic heterocycles. The molecule has 1 heterocycles. The normalized spacial score (nSPS) is 20.8. The van der Waals surface area contributed by atoms with E-state index in [0.717, 1.165) is 25.8 Å². The lowest BCUT2D eigenvalue weighted by Crippen LogP contribution is -2.27. The molecule has 2 rings (SSSR count). The maximum Gasteiger partial charge on any atom is 0.165 e. The Morgan fingerprint density at radius 2 is 2.25 bits per heavy atom. The van der Waals surface area contributed by atoms with Gasteiger partial charge in [0.1, 0.15) is 5.82 Å². The molecule has 0 bridgehead atoms. The zero-order valence-electron chi connectivity index (χ0n) is 9.29. The Morgan fingerprint density at radius 1 is 1.44 bits per heavy atom. The van der Waals surface area contributed by atoms with Gasteiger partial charge in [0.05, 0.1) is 12.7 Å². The summed E-state index contributed by atoms with van der Waals surface area (Å²) in [6, 6.07) is 2.67. The fraction of sp³-hybridized carbons (Fsp3) is 0.500. The number of phenols is 1. The van der Waals surface area contributed by atoms with Crippen LogP contribution in [0.5, 0.6) is 11.5 Å². The number of piperidine rings is 1. The average Bonchev–Trinajstić information content (AvgIpc) is 2.31. The summed E-state index contributed by atoms with van der Waals surface area (Å²) in [5.74, 6) is -0.136. The van der Waals surface area contributed by atoms with Crippen molar-refractivity contribution in [3.63, 3.8) is 0 Å². The molecule has 88 valence electrons. The van der Waals surface area contributed by atoms with Gasteiger partial charge in [-0.1, -0.05) is 6.42 Å². The first kappa shape index (κ1) is 11.2. The molecule has 1 unspecified atom stereocenters. The molecule has 1 aliphatic rings. The van der Waals surface area contributed by atoms with E-state index < -0.39 is 0 Å². The summed E-state index contributed by atoms with van der Waals surface area (Å²) in [5.41, 5.74) is 0.332. The van der Waals surface area contributed by atoms with Gasteiger partial charge >= 0.3 is 0 Å². The number of rotatable bonds is 2. The molecule has 1 atom stereocenters. The number of benzene rings is 1. The molecule has 4 heteroatoms. The zero-order valence-corrected chi connectivity index (χ0v) is 9.29. The summed E-state index contributed by atoms with van der Waals surface area (Å²) >= 11 is 0. The first-order valence-corrected chi connectivity index (χ1v) is 5.52. The predicted octanol–water partition coefficient (Wildman–Crippen LogP) is 2.35. The van der Waals surface area contributed by atoms with Crippen LogP contribution in [0.1, 0.15) is 30.9 Å². The molecule has 0 amide bonds. The van der Waals surface area contributed by atoms with E-state index in [1.165, 1.54) is 19.2 Å². The summed E-state index contributed by atoms with van der Waals surface area (Å²) in [6.07, 6.45) is 2.99. The average molecular weight is 225 g/mol. The molecule has 1 aliphatic heterocycles. The molecule has 0 aliphatic carbocycles. The minimum Gasteiger partial charge on any atom is -0.504 e. The van der Waals surface area contributed by atoms with Gasteiger partial charge in [-0.3, -0.25) is 0 Å². The second-order valence-electron chi connectivity index (χ2n) is 4.01. The van der Waals surface area contributed by atoms with Crippen LogP contribution in [0.15, 0.2) is 12.1 Å². The van der Waals surface area contributed by atoms with Crippen molar-refractivity contribution in [3.05, 3.63) is 23.5 Å². The van der Waals surface area contributed by atoms with Crippen molar-refractivity contribution in [1.29, 1.82) is 0 Å². The van der Waals surface area contributed by atoms with Gasteiger partial charge in [-0.05, 0) is 31.5 Å². The van der Waals surface area contributed by atoms with Crippen LogP contribution in [0.3, 0.4) is 0 Å². The third kappa shape index (κ3) is 1.97. The Bertz CT molecular complexity index is 376. The lowest BCUT2D eigenvalue weighted by Gasteiger charge is -2.25. The van der Waals surface area contributed by atoms with Crippen LogP contribution in [0.4, 0.5) is 4.39 Å². The molecule has 1 fully saturated rings. The SMILES string of the molecule is COc1ccc(F)c(C2CCCCN2)c1O. The Balaban J connectivity index is 2.37. The summed E-state index contributed by atoms with van der Waals surface area (Å²) in [5, 5.41) is 13.1. The van der Waals surface area contributed by atoms with Gasteiger partial charge in [-0.15, -0.1) is 0 Å². The van der Waals surface area contributed by atoms with Gasteiger partial charge in [-0.25, -0.2) is 4.39 Å². The van der Waals surface area contributed by atoms with Gasteiger partial charge in [0.15, 0.2) is 11.5 Å². The van der Waals surface area contributed by atoms with Crippen LogP contribution in [0.25, 0.3) is 0 Å². The molecular weight excluding hydrogens is 209 g/mol. The van der Waals surface area contributed by atoms with Crippen LogP contribution in [-0.4, -0.2) is 18.8 Å². The van der Waals surface area contributed by atoms with Crippen LogP contribution >= 0.6 is 0 Å². The van der Waals surface area contributed by atoms with Crippen molar-refractivity contribution in [3.8, 4) is 11.5 Å². The lowest BCUT2D eigenvalue weighted by molar-refractivity contribution is 0.346. The highest BCUT2D eigenvalue weighted by Crippen LogP contribution is 2.38. The van der Waals surface area contributed by atoms with Crippen molar-refractivity contribution >= 4 is 0 Å². The lowest BCUT2D eigenvalue weighted by atomic mass is 9.96. The quantitative estimate of drug-likeness (QED) is 0.811. The summed E-state index contributed by atoms with van der Waals surface area (Å²) < 4.78 is 18.7. The molecule has 0 spiro atoms. The summed E-state index contributed by atoms with van der Waals surface area (Å²) in [4.78, 5) is 0. The Morgan fingerprint density at radius 3 is 2.88 bits per heavy atom. The van der Waals surface area contributed by atoms with E-state index in [-0.39, 0.29) is 17.6 Å². The summed E-state index contributed by atoms with van der Waals surface area (Å²) in [7, 11) is 1.46. The highest BCUT2D eigenvalue weighted by Gasteiger charge is 2.23. The minimum atomic E-state index is -0.377. The number of aromatic hydroxyl groups is 1. The van der Waals surface area contributed by atoms with Crippen LogP contribution in [0, 0.1) is 5.82 Å². The first-order chi connectivity index (χ1) is 7.74. The third-order valence-corrected chi connectivity index (χ3v) is 3.01. The first-order valence-electron chi connectivity index (χ1n) is 5.52. The standard InChI is InChI=1S/C12H16FNO2/c1-16-10-6-5-8(13)11(12(10)15)9-4-2-3-7-14-9/h5-6,9,14-15H,2-4,7H2,1H3. The second kappa shape index (κ2) is 4.70. The van der Waals surface area contributed by atoms with Crippen molar-refractivity contribution < 1.29 is 14.2 Å². The Kier molecular flexibility index (Phi) is 3.29. The Hall–Kier alpha value is -1.29. The molecule has 2 N–H and O–H groups in total. The number of hydrogen-bond acceptors (Lipinski definition) is 3. The maximum absolute atomic E-state index is 13.7. The molecule has 1 aromatic rings. The van der Waals surface area contributed by atoms with E-state index in [0.29, 0.717) is 11.3 Å². The van der Waals surface area contributed by atoms with Crippen molar-refractivity contribution in [2.45, 2.75) is 25.3 Å². The maximum atomic E-state index is 13.7. The van der Waals surface area contributed by atoms with E-state index >= 15 is 0 Å². The van der Waals surface area contributed by atoms with Crippen LogP contribution in [-0.2, 0) is 0 Å². The molecule has 3 nitrogen and oxygen atoms in total. The van der Waals surface area contributed by atoms with Gasteiger partial charge in [0.25, 0.3) is 0 Å². The second-order valence-corrected chi connectivity index (χ2v) is 4.01. The molecular formula is C12H16FNO2. The van der Waals surface area contributed by atoms with Gasteiger partial charge in [-0.2, -0.15) is 0 Å². The fourth-order valence-electron chi connectivity index (χ4n) is 2.16. The zero-order chi connectivity index (χ0) is 11.5. The van der Waals surface area contributed by atoms with E-state index in [4.69, 9.17) is 4.74 Å². The van der Waals surface area contributed by atoms with Gasteiger partial charge in [0.2, 0.25) is 0 Å². The molecule has 1 aromatic carbocycles. The number of hydrogen-bond donors (Lipinski definition) is 2. The number of methoxy groups -OCH3 is 1.